The Kier molecular flexibility index (Phi) is 5.38. The summed E-state index contributed by atoms with van der Waals surface area (Å²) in [7, 11) is 0. The Morgan fingerprint density at radius 2 is 2.33 bits per heavy atom. The summed E-state index contributed by atoms with van der Waals surface area (Å²) in [6.07, 6.45) is 1.20. The minimum absolute atomic E-state index is 0.0876. The number of benzene rings is 1. The van der Waals surface area contributed by atoms with Gasteiger partial charge in [-0.25, -0.2) is 0 Å². The molecule has 1 saturated heterocycles. The number of nitrogens with one attached hydrogen (secondary N) is 1. The number of aryl methyl sites for hydroxylation is 1. The number of hydrogen-bond donors (Lipinski definition) is 2. The number of carbonyl (C=O) groups excluding carboxylic acids is 1. The van der Waals surface area contributed by atoms with Crippen molar-refractivity contribution in [3.63, 3.8) is 0 Å². The molecule has 112 valence electrons. The fraction of sp³-hybridized carbons (Fsp3) is 0.471. The van der Waals surface area contributed by atoms with E-state index in [9.17, 15) is 4.79 Å². The number of rotatable bonds is 3. The second kappa shape index (κ2) is 7.26. The molecule has 0 aliphatic carbocycles. The molecule has 1 aliphatic heterocycles. The lowest BCUT2D eigenvalue weighted by atomic mass is 10.0. The van der Waals surface area contributed by atoms with Crippen molar-refractivity contribution < 1.29 is 9.53 Å². The average Bonchev–Trinajstić information content (AvgIpc) is 2.88. The van der Waals surface area contributed by atoms with Crippen LogP contribution in [-0.2, 0) is 4.74 Å². The van der Waals surface area contributed by atoms with Gasteiger partial charge in [-0.15, -0.1) is 0 Å². The summed E-state index contributed by atoms with van der Waals surface area (Å²) in [6.45, 7) is 5.73. The highest BCUT2D eigenvalue weighted by molar-refractivity contribution is 5.96. The second-order valence-corrected chi connectivity index (χ2v) is 5.39. The Labute approximate surface area is 126 Å². The van der Waals surface area contributed by atoms with Crippen LogP contribution in [0.2, 0.25) is 0 Å². The number of hydrogen-bond acceptors (Lipinski definition) is 3. The molecule has 1 aromatic carbocycles. The van der Waals surface area contributed by atoms with Crippen molar-refractivity contribution >= 4 is 5.91 Å². The summed E-state index contributed by atoms with van der Waals surface area (Å²) in [4.78, 5) is 12.4. The van der Waals surface area contributed by atoms with Gasteiger partial charge in [-0.05, 0) is 38.0 Å². The summed E-state index contributed by atoms with van der Waals surface area (Å²) in [6, 6.07) is 5.66. The molecule has 2 atom stereocenters. The molecule has 21 heavy (non-hydrogen) atoms. The van der Waals surface area contributed by atoms with Crippen LogP contribution in [0.3, 0.4) is 0 Å². The highest BCUT2D eigenvalue weighted by Crippen LogP contribution is 2.19. The maximum absolute atomic E-state index is 12.4. The molecule has 1 aliphatic rings. The first kappa shape index (κ1) is 15.6. The van der Waals surface area contributed by atoms with Crippen molar-refractivity contribution in [3.8, 4) is 11.8 Å². The van der Waals surface area contributed by atoms with Crippen LogP contribution in [0.25, 0.3) is 0 Å². The van der Waals surface area contributed by atoms with Gasteiger partial charge in [-0.3, -0.25) is 4.79 Å². The summed E-state index contributed by atoms with van der Waals surface area (Å²) in [5.74, 6) is 6.08. The molecule has 1 aromatic rings. The van der Waals surface area contributed by atoms with Crippen molar-refractivity contribution in [1.82, 2.24) is 5.32 Å². The van der Waals surface area contributed by atoms with Crippen LogP contribution >= 0.6 is 0 Å². The number of amides is 1. The summed E-state index contributed by atoms with van der Waals surface area (Å²) in [5, 5.41) is 2.99. The highest BCUT2D eigenvalue weighted by Gasteiger charge is 2.24. The fourth-order valence-corrected chi connectivity index (χ4v) is 2.47. The van der Waals surface area contributed by atoms with Gasteiger partial charge >= 0.3 is 0 Å². The van der Waals surface area contributed by atoms with E-state index in [-0.39, 0.29) is 18.6 Å². The lowest BCUT2D eigenvalue weighted by Crippen LogP contribution is -2.32. The van der Waals surface area contributed by atoms with Gasteiger partial charge < -0.3 is 15.8 Å². The van der Waals surface area contributed by atoms with Crippen molar-refractivity contribution in [3.05, 3.63) is 34.9 Å². The molecule has 3 N–H and O–H groups in total. The van der Waals surface area contributed by atoms with Gasteiger partial charge in [0, 0.05) is 24.6 Å². The first-order valence-corrected chi connectivity index (χ1v) is 7.31. The van der Waals surface area contributed by atoms with Crippen LogP contribution < -0.4 is 11.1 Å². The molecule has 1 heterocycles. The normalized spacial score (nSPS) is 20.7. The summed E-state index contributed by atoms with van der Waals surface area (Å²) >= 11 is 0. The molecule has 1 fully saturated rings. The highest BCUT2D eigenvalue weighted by atomic mass is 16.5. The van der Waals surface area contributed by atoms with E-state index in [0.29, 0.717) is 18.0 Å². The SMILES string of the molecule is Cc1ccc(C(=O)NCC2CCOC2C)c(C#CCN)c1. The molecule has 4 heteroatoms. The van der Waals surface area contributed by atoms with Gasteiger partial charge in [-0.1, -0.05) is 17.9 Å². The average molecular weight is 286 g/mol. The van der Waals surface area contributed by atoms with E-state index >= 15 is 0 Å². The summed E-state index contributed by atoms with van der Waals surface area (Å²) < 4.78 is 5.51. The first-order valence-electron chi connectivity index (χ1n) is 7.31. The molecular formula is C17H22N2O2. The monoisotopic (exact) mass is 286 g/mol. The molecular weight excluding hydrogens is 264 g/mol. The van der Waals surface area contributed by atoms with E-state index in [0.717, 1.165) is 24.2 Å². The van der Waals surface area contributed by atoms with Crippen LogP contribution in [0.4, 0.5) is 0 Å². The third-order valence-corrected chi connectivity index (χ3v) is 3.80. The zero-order chi connectivity index (χ0) is 15.2. The quantitative estimate of drug-likeness (QED) is 0.827. The predicted octanol–water partition coefficient (Wildman–Crippen LogP) is 1.46. The number of ether oxygens (including phenoxy) is 1. The maximum atomic E-state index is 12.4. The Balaban J connectivity index is 2.07. The molecule has 0 saturated carbocycles. The number of carbonyl (C=O) groups is 1. The minimum atomic E-state index is -0.0876. The zero-order valence-electron chi connectivity index (χ0n) is 12.6. The molecule has 0 spiro atoms. The van der Waals surface area contributed by atoms with Crippen LogP contribution in [0.5, 0.6) is 0 Å². The topological polar surface area (TPSA) is 64.3 Å². The summed E-state index contributed by atoms with van der Waals surface area (Å²) in [5.41, 5.74) is 7.82. The van der Waals surface area contributed by atoms with Crippen molar-refractivity contribution in [2.24, 2.45) is 11.7 Å². The van der Waals surface area contributed by atoms with E-state index in [4.69, 9.17) is 10.5 Å². The van der Waals surface area contributed by atoms with Crippen LogP contribution in [0, 0.1) is 24.7 Å². The third-order valence-electron chi connectivity index (χ3n) is 3.80. The maximum Gasteiger partial charge on any atom is 0.252 e. The first-order chi connectivity index (χ1) is 10.1. The van der Waals surface area contributed by atoms with Gasteiger partial charge in [-0.2, -0.15) is 0 Å². The Morgan fingerprint density at radius 3 is 3.00 bits per heavy atom. The van der Waals surface area contributed by atoms with E-state index in [1.165, 1.54) is 0 Å². The Bertz CT molecular complexity index is 572. The van der Waals surface area contributed by atoms with Crippen LogP contribution in [-0.4, -0.2) is 31.7 Å². The van der Waals surface area contributed by atoms with Gasteiger partial charge in [0.15, 0.2) is 0 Å². The molecule has 0 radical (unpaired) electrons. The van der Waals surface area contributed by atoms with Crippen molar-refractivity contribution in [2.45, 2.75) is 26.4 Å². The fourth-order valence-electron chi connectivity index (χ4n) is 2.47. The Hall–Kier alpha value is -1.83. The predicted molar refractivity (Wildman–Crippen MR) is 83.0 cm³/mol. The minimum Gasteiger partial charge on any atom is -0.378 e. The third kappa shape index (κ3) is 4.07. The molecule has 0 bridgehead atoms. The second-order valence-electron chi connectivity index (χ2n) is 5.39. The molecule has 0 aromatic heterocycles. The van der Waals surface area contributed by atoms with Gasteiger partial charge in [0.05, 0.1) is 18.2 Å². The van der Waals surface area contributed by atoms with Gasteiger partial charge in [0.25, 0.3) is 5.91 Å². The zero-order valence-corrected chi connectivity index (χ0v) is 12.6. The lowest BCUT2D eigenvalue weighted by molar-refractivity contribution is 0.0907. The van der Waals surface area contributed by atoms with E-state index in [1.807, 2.05) is 32.0 Å². The largest absolute Gasteiger partial charge is 0.378 e. The van der Waals surface area contributed by atoms with Crippen molar-refractivity contribution in [1.29, 1.82) is 0 Å². The van der Waals surface area contributed by atoms with Gasteiger partial charge in [0.1, 0.15) is 0 Å². The van der Waals surface area contributed by atoms with Crippen molar-refractivity contribution in [2.75, 3.05) is 19.7 Å². The van der Waals surface area contributed by atoms with Crippen LogP contribution in [0.15, 0.2) is 18.2 Å². The van der Waals surface area contributed by atoms with E-state index in [2.05, 4.69) is 17.2 Å². The van der Waals surface area contributed by atoms with Crippen LogP contribution in [0.1, 0.15) is 34.8 Å². The van der Waals surface area contributed by atoms with E-state index < -0.39 is 0 Å². The number of nitrogens with two attached hydrogens (primary N) is 1. The molecule has 4 nitrogen and oxygen atoms in total. The lowest BCUT2D eigenvalue weighted by Gasteiger charge is -2.15. The van der Waals surface area contributed by atoms with Gasteiger partial charge in [0.2, 0.25) is 0 Å². The molecule has 2 rings (SSSR count). The smallest absolute Gasteiger partial charge is 0.252 e. The molecule has 2 unspecified atom stereocenters. The standard InChI is InChI=1S/C17H22N2O2/c1-12-5-6-16(14(10-12)4-3-8-18)17(20)19-11-15-7-9-21-13(15)2/h5-6,10,13,15H,7-9,11,18H2,1-2H3,(H,19,20). The Morgan fingerprint density at radius 1 is 1.52 bits per heavy atom. The molecule has 1 amide bonds. The van der Waals surface area contributed by atoms with E-state index in [1.54, 1.807) is 0 Å².